The fourth-order valence-corrected chi connectivity index (χ4v) is 3.95. The third kappa shape index (κ3) is 6.05. The minimum atomic E-state index is -0.313. The highest BCUT2D eigenvalue weighted by Crippen LogP contribution is 2.24. The number of hydrogen-bond donors (Lipinski definition) is 2. The molecule has 2 aromatic rings. The average Bonchev–Trinajstić information content (AvgIpc) is 3.02. The van der Waals surface area contributed by atoms with Gasteiger partial charge in [-0.25, -0.2) is 9.78 Å². The van der Waals surface area contributed by atoms with Gasteiger partial charge in [0, 0.05) is 13.6 Å². The summed E-state index contributed by atoms with van der Waals surface area (Å²) in [6, 6.07) is 6.53. The van der Waals surface area contributed by atoms with Crippen molar-refractivity contribution in [3.63, 3.8) is 0 Å². The molecule has 152 valence electrons. The maximum absolute atomic E-state index is 12.0. The molecule has 6 nitrogen and oxygen atoms in total. The zero-order valence-corrected chi connectivity index (χ0v) is 18.4. The van der Waals surface area contributed by atoms with Crippen LogP contribution in [0.1, 0.15) is 57.0 Å². The number of esters is 1. The maximum atomic E-state index is 12.0. The number of carbonyl (C=O) groups is 1. The highest BCUT2D eigenvalue weighted by molar-refractivity contribution is 7.13. The van der Waals surface area contributed by atoms with E-state index in [1.165, 1.54) is 28.0 Å². The summed E-state index contributed by atoms with van der Waals surface area (Å²) in [6.07, 6.45) is 0.918. The normalized spacial score (nSPS) is 12.6. The Bertz CT molecular complexity index is 825. The van der Waals surface area contributed by atoms with Crippen LogP contribution in [-0.4, -0.2) is 37.1 Å². The van der Waals surface area contributed by atoms with E-state index in [1.54, 1.807) is 14.0 Å². The van der Waals surface area contributed by atoms with Gasteiger partial charge in [0.15, 0.2) is 5.96 Å². The molecular weight excluding hydrogens is 372 g/mol. The summed E-state index contributed by atoms with van der Waals surface area (Å²) in [5.41, 5.74) is 4.57. The summed E-state index contributed by atoms with van der Waals surface area (Å²) in [5.74, 6) is 0.398. The van der Waals surface area contributed by atoms with Crippen molar-refractivity contribution in [1.29, 1.82) is 0 Å². The van der Waals surface area contributed by atoms with Crippen molar-refractivity contribution >= 4 is 23.3 Å². The number of ether oxygens (including phenoxy) is 1. The molecule has 0 aliphatic carbocycles. The van der Waals surface area contributed by atoms with E-state index in [-0.39, 0.29) is 12.0 Å². The predicted molar refractivity (Wildman–Crippen MR) is 115 cm³/mol. The lowest BCUT2D eigenvalue weighted by atomic mass is 10.1. The molecule has 1 atom stereocenters. The van der Waals surface area contributed by atoms with Crippen molar-refractivity contribution in [2.75, 3.05) is 20.2 Å². The molecule has 0 spiro atoms. The molecule has 1 aromatic carbocycles. The van der Waals surface area contributed by atoms with Crippen molar-refractivity contribution < 1.29 is 9.53 Å². The smallest absolute Gasteiger partial charge is 0.350 e. The number of thiazole rings is 1. The molecular formula is C21H30N4O2S. The molecule has 28 heavy (non-hydrogen) atoms. The first kappa shape index (κ1) is 21.9. The maximum Gasteiger partial charge on any atom is 0.350 e. The van der Waals surface area contributed by atoms with E-state index in [4.69, 9.17) is 4.74 Å². The number of carbonyl (C=O) groups excluding carboxylic acids is 1. The molecule has 0 saturated carbocycles. The van der Waals surface area contributed by atoms with Crippen molar-refractivity contribution in [1.82, 2.24) is 15.6 Å². The van der Waals surface area contributed by atoms with Gasteiger partial charge in [0.2, 0.25) is 0 Å². The number of aromatic nitrogens is 1. The van der Waals surface area contributed by atoms with E-state index < -0.39 is 0 Å². The fraction of sp³-hybridized carbons (Fsp3) is 0.476. The SMILES string of the molecule is CCOC(=O)c1sc(C(C)NC(=NC)NCCc2cc(C)cc(C)c2)nc1C. The van der Waals surface area contributed by atoms with Gasteiger partial charge in [-0.05, 0) is 46.6 Å². The van der Waals surface area contributed by atoms with Crippen molar-refractivity contribution in [3.05, 3.63) is 50.5 Å². The van der Waals surface area contributed by atoms with Gasteiger partial charge in [-0.3, -0.25) is 4.99 Å². The molecule has 0 radical (unpaired) electrons. The second-order valence-corrected chi connectivity index (χ2v) is 7.83. The number of nitrogens with one attached hydrogen (secondary N) is 2. The lowest BCUT2D eigenvalue weighted by Crippen LogP contribution is -2.39. The highest BCUT2D eigenvalue weighted by Gasteiger charge is 2.20. The van der Waals surface area contributed by atoms with Crippen LogP contribution in [0.15, 0.2) is 23.2 Å². The minimum absolute atomic E-state index is 0.0701. The molecule has 0 amide bonds. The first-order valence-electron chi connectivity index (χ1n) is 9.52. The van der Waals surface area contributed by atoms with Crippen LogP contribution < -0.4 is 10.6 Å². The van der Waals surface area contributed by atoms with Gasteiger partial charge in [0.1, 0.15) is 9.88 Å². The first-order valence-corrected chi connectivity index (χ1v) is 10.3. The summed E-state index contributed by atoms with van der Waals surface area (Å²) >= 11 is 1.36. The molecule has 2 rings (SSSR count). The monoisotopic (exact) mass is 402 g/mol. The number of aliphatic imine (C=N–C) groups is 1. The third-order valence-corrected chi connectivity index (χ3v) is 5.53. The molecule has 0 bridgehead atoms. The Balaban J connectivity index is 1.93. The Morgan fingerprint density at radius 2 is 1.93 bits per heavy atom. The van der Waals surface area contributed by atoms with Gasteiger partial charge >= 0.3 is 5.97 Å². The molecule has 0 fully saturated rings. The van der Waals surface area contributed by atoms with E-state index in [0.29, 0.717) is 23.1 Å². The fourth-order valence-electron chi connectivity index (χ4n) is 2.99. The van der Waals surface area contributed by atoms with E-state index in [1.807, 2.05) is 13.8 Å². The Hall–Kier alpha value is -2.41. The van der Waals surface area contributed by atoms with Crippen LogP contribution in [0.2, 0.25) is 0 Å². The lowest BCUT2D eigenvalue weighted by molar-refractivity contribution is 0.0531. The number of benzene rings is 1. The van der Waals surface area contributed by atoms with Crippen LogP contribution in [0.3, 0.4) is 0 Å². The first-order chi connectivity index (χ1) is 13.3. The quantitative estimate of drug-likeness (QED) is 0.419. The summed E-state index contributed by atoms with van der Waals surface area (Å²) in [6.45, 7) is 11.0. The third-order valence-electron chi connectivity index (χ3n) is 4.21. The second kappa shape index (κ2) is 10.2. The van der Waals surface area contributed by atoms with E-state index >= 15 is 0 Å². The van der Waals surface area contributed by atoms with Crippen LogP contribution in [0.4, 0.5) is 0 Å². The van der Waals surface area contributed by atoms with Crippen LogP contribution in [0.25, 0.3) is 0 Å². The summed E-state index contributed by atoms with van der Waals surface area (Å²) in [4.78, 5) is 21.4. The molecule has 1 unspecified atom stereocenters. The average molecular weight is 403 g/mol. The highest BCUT2D eigenvalue weighted by atomic mass is 32.1. The number of hydrogen-bond acceptors (Lipinski definition) is 5. The Morgan fingerprint density at radius 3 is 2.54 bits per heavy atom. The number of nitrogens with zero attached hydrogens (tertiary/aromatic N) is 2. The summed E-state index contributed by atoms with van der Waals surface area (Å²) in [5, 5.41) is 7.52. The van der Waals surface area contributed by atoms with Crippen LogP contribution in [-0.2, 0) is 11.2 Å². The Morgan fingerprint density at radius 1 is 1.25 bits per heavy atom. The van der Waals surface area contributed by atoms with E-state index in [9.17, 15) is 4.79 Å². The second-order valence-electron chi connectivity index (χ2n) is 6.80. The molecule has 0 aliphatic rings. The Kier molecular flexibility index (Phi) is 7.99. The lowest BCUT2D eigenvalue weighted by Gasteiger charge is -2.16. The summed E-state index contributed by atoms with van der Waals surface area (Å²) in [7, 11) is 1.75. The van der Waals surface area contributed by atoms with Crippen molar-refractivity contribution in [2.24, 2.45) is 4.99 Å². The molecule has 0 saturated heterocycles. The minimum Gasteiger partial charge on any atom is -0.462 e. The van der Waals surface area contributed by atoms with Gasteiger partial charge < -0.3 is 15.4 Å². The van der Waals surface area contributed by atoms with Crippen LogP contribution in [0, 0.1) is 20.8 Å². The van der Waals surface area contributed by atoms with Gasteiger partial charge in [0.25, 0.3) is 0 Å². The molecule has 2 N–H and O–H groups in total. The van der Waals surface area contributed by atoms with Crippen LogP contribution in [0.5, 0.6) is 0 Å². The van der Waals surface area contributed by atoms with Gasteiger partial charge in [-0.2, -0.15) is 0 Å². The van der Waals surface area contributed by atoms with Gasteiger partial charge in [-0.15, -0.1) is 11.3 Å². The van der Waals surface area contributed by atoms with Crippen molar-refractivity contribution in [2.45, 2.75) is 47.1 Å². The Labute approximate surface area is 171 Å². The predicted octanol–water partition coefficient (Wildman–Crippen LogP) is 3.71. The van der Waals surface area contributed by atoms with Crippen LogP contribution >= 0.6 is 11.3 Å². The molecule has 1 heterocycles. The number of aryl methyl sites for hydroxylation is 3. The number of guanidine groups is 1. The van der Waals surface area contributed by atoms with E-state index in [2.05, 4.69) is 52.7 Å². The largest absolute Gasteiger partial charge is 0.462 e. The summed E-state index contributed by atoms with van der Waals surface area (Å²) < 4.78 is 5.09. The standard InChI is InChI=1S/C21H30N4O2S/c1-7-27-20(26)18-15(4)24-19(28-18)16(5)25-21(22-6)23-9-8-17-11-13(2)10-14(3)12-17/h10-12,16H,7-9H2,1-6H3,(H2,22,23,25). The molecule has 0 aliphatic heterocycles. The molecule has 1 aromatic heterocycles. The topological polar surface area (TPSA) is 75.6 Å². The van der Waals surface area contributed by atoms with E-state index in [0.717, 1.165) is 18.0 Å². The van der Waals surface area contributed by atoms with Crippen molar-refractivity contribution in [3.8, 4) is 0 Å². The molecule has 7 heteroatoms. The van der Waals surface area contributed by atoms with Gasteiger partial charge in [0.05, 0.1) is 18.3 Å². The van der Waals surface area contributed by atoms with Gasteiger partial charge in [-0.1, -0.05) is 29.3 Å². The zero-order valence-electron chi connectivity index (χ0n) is 17.5. The number of rotatable bonds is 7. The zero-order chi connectivity index (χ0) is 20.7.